The van der Waals surface area contributed by atoms with Gasteiger partial charge in [0.05, 0.1) is 13.0 Å². The summed E-state index contributed by atoms with van der Waals surface area (Å²) in [4.78, 5) is 23.4. The quantitative estimate of drug-likeness (QED) is 0.927. The summed E-state index contributed by atoms with van der Waals surface area (Å²) in [6.45, 7) is 0.578. The zero-order valence-electron chi connectivity index (χ0n) is 9.51. The number of cyclic esters (lactones) is 1. The lowest BCUT2D eigenvalue weighted by molar-refractivity contribution is -0.137. The zero-order valence-corrected chi connectivity index (χ0v) is 11.1. The molecular weight excluding hydrogens is 302 g/mol. The summed E-state index contributed by atoms with van der Waals surface area (Å²) in [6.07, 6.45) is -0.842. The molecule has 1 aromatic carbocycles. The molecule has 0 radical (unpaired) electrons. The molecule has 0 bridgehead atoms. The van der Waals surface area contributed by atoms with E-state index in [1.54, 1.807) is 0 Å². The van der Waals surface area contributed by atoms with E-state index >= 15 is 0 Å². The molecule has 0 saturated carbocycles. The zero-order chi connectivity index (χ0) is 13.1. The first-order valence-electron chi connectivity index (χ1n) is 5.49. The fourth-order valence-corrected chi connectivity index (χ4v) is 2.04. The van der Waals surface area contributed by atoms with E-state index in [4.69, 9.17) is 9.84 Å². The molecule has 1 atom stereocenters. The van der Waals surface area contributed by atoms with Crippen molar-refractivity contribution in [2.24, 2.45) is 0 Å². The van der Waals surface area contributed by atoms with Gasteiger partial charge in [0.1, 0.15) is 6.10 Å². The lowest BCUT2D eigenvalue weighted by Crippen LogP contribution is -2.27. The maximum Gasteiger partial charge on any atom is 0.410 e. The molecule has 0 aliphatic carbocycles. The molecule has 1 unspecified atom stereocenters. The number of rotatable bonds is 4. The fourth-order valence-electron chi connectivity index (χ4n) is 1.77. The molecule has 96 valence electrons. The first-order chi connectivity index (χ1) is 8.56. The molecule has 5 nitrogen and oxygen atoms in total. The molecule has 1 heterocycles. The molecule has 1 amide bonds. The van der Waals surface area contributed by atoms with Gasteiger partial charge >= 0.3 is 12.1 Å². The second kappa shape index (κ2) is 5.39. The third kappa shape index (κ3) is 3.01. The van der Waals surface area contributed by atoms with Crippen molar-refractivity contribution < 1.29 is 19.4 Å². The summed E-state index contributed by atoms with van der Waals surface area (Å²) in [5, 5.41) is 8.59. The van der Waals surface area contributed by atoms with Crippen LogP contribution in [0.1, 0.15) is 18.1 Å². The van der Waals surface area contributed by atoms with E-state index in [1.165, 1.54) is 4.90 Å². The molecule has 1 fully saturated rings. The van der Waals surface area contributed by atoms with Crippen molar-refractivity contribution in [2.75, 3.05) is 13.1 Å². The number of hydrogen-bond acceptors (Lipinski definition) is 3. The number of halogens is 1. The van der Waals surface area contributed by atoms with E-state index < -0.39 is 12.1 Å². The summed E-state index contributed by atoms with van der Waals surface area (Å²) in [7, 11) is 0. The van der Waals surface area contributed by atoms with Crippen molar-refractivity contribution in [3.05, 3.63) is 34.3 Å². The average molecular weight is 314 g/mol. The Kier molecular flexibility index (Phi) is 3.86. The minimum atomic E-state index is -0.921. The summed E-state index contributed by atoms with van der Waals surface area (Å²) in [5.41, 5.74) is 0.907. The van der Waals surface area contributed by atoms with Crippen LogP contribution in [0.25, 0.3) is 0 Å². The number of carboxylic acid groups (broad SMARTS) is 1. The van der Waals surface area contributed by atoms with Crippen LogP contribution in [0.2, 0.25) is 0 Å². The third-order valence-corrected chi connectivity index (χ3v) is 3.25. The number of carbonyl (C=O) groups is 2. The van der Waals surface area contributed by atoms with E-state index in [1.807, 2.05) is 24.3 Å². The van der Waals surface area contributed by atoms with Crippen LogP contribution >= 0.6 is 15.9 Å². The molecule has 1 aliphatic heterocycles. The Labute approximate surface area is 112 Å². The van der Waals surface area contributed by atoms with Crippen molar-refractivity contribution in [3.63, 3.8) is 0 Å². The van der Waals surface area contributed by atoms with Crippen LogP contribution in [-0.4, -0.2) is 35.2 Å². The van der Waals surface area contributed by atoms with E-state index in [9.17, 15) is 9.59 Å². The summed E-state index contributed by atoms with van der Waals surface area (Å²) in [5.74, 6) is -0.921. The van der Waals surface area contributed by atoms with Gasteiger partial charge in [-0.05, 0) is 17.7 Å². The van der Waals surface area contributed by atoms with Crippen LogP contribution in [0.3, 0.4) is 0 Å². The van der Waals surface area contributed by atoms with Gasteiger partial charge in [-0.2, -0.15) is 0 Å². The maximum atomic E-state index is 11.5. The SMILES string of the molecule is O=C(O)CCN1CC(c2ccc(Br)cc2)OC1=O. The van der Waals surface area contributed by atoms with Gasteiger partial charge < -0.3 is 14.7 Å². The van der Waals surface area contributed by atoms with Crippen molar-refractivity contribution >= 4 is 28.0 Å². The molecule has 0 aromatic heterocycles. The minimum absolute atomic E-state index is 0.0673. The third-order valence-electron chi connectivity index (χ3n) is 2.72. The number of hydrogen-bond donors (Lipinski definition) is 1. The number of benzene rings is 1. The van der Waals surface area contributed by atoms with Crippen LogP contribution < -0.4 is 0 Å². The van der Waals surface area contributed by atoms with Crippen molar-refractivity contribution in [1.82, 2.24) is 4.90 Å². The number of nitrogens with zero attached hydrogens (tertiary/aromatic N) is 1. The van der Waals surface area contributed by atoms with E-state index in [-0.39, 0.29) is 19.1 Å². The number of carbonyl (C=O) groups excluding carboxylic acids is 1. The van der Waals surface area contributed by atoms with Gasteiger partial charge in [-0.25, -0.2) is 4.79 Å². The van der Waals surface area contributed by atoms with Gasteiger partial charge in [-0.15, -0.1) is 0 Å². The summed E-state index contributed by atoms with van der Waals surface area (Å²) < 4.78 is 6.17. The monoisotopic (exact) mass is 313 g/mol. The highest BCUT2D eigenvalue weighted by Crippen LogP contribution is 2.27. The second-order valence-corrected chi connectivity index (χ2v) is 4.93. The fraction of sp³-hybridized carbons (Fsp3) is 0.333. The van der Waals surface area contributed by atoms with Crippen molar-refractivity contribution in [1.29, 1.82) is 0 Å². The minimum Gasteiger partial charge on any atom is -0.481 e. The number of aliphatic carboxylic acids is 1. The first-order valence-corrected chi connectivity index (χ1v) is 6.28. The summed E-state index contributed by atoms with van der Waals surface area (Å²) in [6, 6.07) is 7.51. The van der Waals surface area contributed by atoms with Crippen LogP contribution in [0.5, 0.6) is 0 Å². The predicted molar refractivity (Wildman–Crippen MR) is 67.2 cm³/mol. The van der Waals surface area contributed by atoms with Crippen molar-refractivity contribution in [3.8, 4) is 0 Å². The van der Waals surface area contributed by atoms with Crippen molar-refractivity contribution in [2.45, 2.75) is 12.5 Å². The average Bonchev–Trinajstić information content (AvgIpc) is 2.69. The molecule has 0 spiro atoms. The lowest BCUT2D eigenvalue weighted by atomic mass is 10.1. The molecule has 1 saturated heterocycles. The molecular formula is C12H12BrNO4. The van der Waals surface area contributed by atoms with Crippen LogP contribution in [0, 0.1) is 0 Å². The Morgan fingerprint density at radius 1 is 1.44 bits per heavy atom. The standard InChI is InChI=1S/C12H12BrNO4/c13-9-3-1-8(2-4-9)10-7-14(12(17)18-10)6-5-11(15)16/h1-4,10H,5-7H2,(H,15,16). The first kappa shape index (κ1) is 12.9. The highest BCUT2D eigenvalue weighted by molar-refractivity contribution is 9.10. The van der Waals surface area contributed by atoms with Crippen LogP contribution in [0.15, 0.2) is 28.7 Å². The smallest absolute Gasteiger partial charge is 0.410 e. The van der Waals surface area contributed by atoms with Gasteiger partial charge in [-0.3, -0.25) is 4.79 Å². The lowest BCUT2D eigenvalue weighted by Gasteiger charge is -2.11. The summed E-state index contributed by atoms with van der Waals surface area (Å²) >= 11 is 3.34. The maximum absolute atomic E-state index is 11.5. The normalized spacial score (nSPS) is 18.8. The van der Waals surface area contributed by atoms with Gasteiger partial charge in [-0.1, -0.05) is 28.1 Å². The second-order valence-electron chi connectivity index (χ2n) is 4.01. The predicted octanol–water partition coefficient (Wildman–Crippen LogP) is 2.42. The van der Waals surface area contributed by atoms with Crippen LogP contribution in [0.4, 0.5) is 4.79 Å². The molecule has 18 heavy (non-hydrogen) atoms. The van der Waals surface area contributed by atoms with E-state index in [0.29, 0.717) is 6.54 Å². The van der Waals surface area contributed by atoms with Gasteiger partial charge in [0.2, 0.25) is 0 Å². The Hall–Kier alpha value is -1.56. The van der Waals surface area contributed by atoms with Gasteiger partial charge in [0, 0.05) is 11.0 Å². The number of amides is 1. The largest absolute Gasteiger partial charge is 0.481 e. The van der Waals surface area contributed by atoms with E-state index in [2.05, 4.69) is 15.9 Å². The van der Waals surface area contributed by atoms with Gasteiger partial charge in [0.15, 0.2) is 0 Å². The highest BCUT2D eigenvalue weighted by Gasteiger charge is 2.32. The van der Waals surface area contributed by atoms with Crippen LogP contribution in [-0.2, 0) is 9.53 Å². The van der Waals surface area contributed by atoms with E-state index in [0.717, 1.165) is 10.0 Å². The molecule has 1 N–H and O–H groups in total. The Balaban J connectivity index is 1.99. The molecule has 1 aliphatic rings. The molecule has 2 rings (SSSR count). The number of carboxylic acids is 1. The Bertz CT molecular complexity index is 460. The Morgan fingerprint density at radius 3 is 2.72 bits per heavy atom. The molecule has 6 heteroatoms. The van der Waals surface area contributed by atoms with Gasteiger partial charge in [0.25, 0.3) is 0 Å². The highest BCUT2D eigenvalue weighted by atomic mass is 79.9. The topological polar surface area (TPSA) is 66.8 Å². The molecule has 1 aromatic rings. The number of ether oxygens (including phenoxy) is 1. The Morgan fingerprint density at radius 2 is 2.11 bits per heavy atom.